The molecule has 1 spiro atoms. The summed E-state index contributed by atoms with van der Waals surface area (Å²) >= 11 is 1.65. The number of nitrogens with zero attached hydrogens (tertiary/aromatic N) is 4. The van der Waals surface area contributed by atoms with Gasteiger partial charge in [-0.25, -0.2) is 14.7 Å². The fourth-order valence-corrected chi connectivity index (χ4v) is 6.73. The standard InChI is InChI=1S/C33H36N4O3S/c1-31(2,3)37(30(39)40-32(4,5)6)29-35-33(28(38)36(29)21-22-12-8-7-9-13-22)17-11-16-26-25(33)19-27(41-26)24-15-10-14-23(18-24)20-34/h7-10,12-15,18-19H,11,16-17,21H2,1-6H3. The van der Waals surface area contributed by atoms with E-state index in [1.54, 1.807) is 22.3 Å². The van der Waals surface area contributed by atoms with Gasteiger partial charge >= 0.3 is 6.09 Å². The van der Waals surface area contributed by atoms with Crippen molar-refractivity contribution in [1.82, 2.24) is 9.80 Å². The largest absolute Gasteiger partial charge is 0.443 e. The minimum Gasteiger partial charge on any atom is -0.443 e. The van der Waals surface area contributed by atoms with Gasteiger partial charge in [-0.15, -0.1) is 11.3 Å². The Morgan fingerprint density at radius 1 is 1.10 bits per heavy atom. The van der Waals surface area contributed by atoms with Gasteiger partial charge in [-0.1, -0.05) is 42.5 Å². The fourth-order valence-electron chi connectivity index (χ4n) is 5.46. The van der Waals surface area contributed by atoms with Gasteiger partial charge in [0.05, 0.1) is 18.2 Å². The Morgan fingerprint density at radius 2 is 1.83 bits per heavy atom. The van der Waals surface area contributed by atoms with Crippen LogP contribution in [0.5, 0.6) is 0 Å². The monoisotopic (exact) mass is 568 g/mol. The van der Waals surface area contributed by atoms with Crippen molar-refractivity contribution in [2.24, 2.45) is 4.99 Å². The first-order valence-corrected chi connectivity index (χ1v) is 14.8. The maximum atomic E-state index is 14.6. The molecule has 2 heterocycles. The topological polar surface area (TPSA) is 86.0 Å². The number of carbonyl (C=O) groups is 2. The molecular formula is C33H36N4O3S. The zero-order valence-corrected chi connectivity index (χ0v) is 25.3. The van der Waals surface area contributed by atoms with Crippen molar-refractivity contribution >= 4 is 29.3 Å². The predicted molar refractivity (Wildman–Crippen MR) is 161 cm³/mol. The normalized spacial score (nSPS) is 18.6. The Hall–Kier alpha value is -3.96. The third kappa shape index (κ3) is 5.51. The number of guanidine groups is 1. The number of aryl methyl sites for hydroxylation is 1. The number of hydrogen-bond donors (Lipinski definition) is 0. The summed E-state index contributed by atoms with van der Waals surface area (Å²) in [7, 11) is 0. The van der Waals surface area contributed by atoms with Crippen LogP contribution in [0.25, 0.3) is 10.4 Å². The van der Waals surface area contributed by atoms with Crippen molar-refractivity contribution in [3.8, 4) is 16.5 Å². The van der Waals surface area contributed by atoms with Crippen LogP contribution in [0.1, 0.15) is 76.0 Å². The second-order valence-electron chi connectivity index (χ2n) is 12.6. The zero-order valence-electron chi connectivity index (χ0n) is 24.5. The lowest BCUT2D eigenvalue weighted by Crippen LogP contribution is -2.56. The van der Waals surface area contributed by atoms with E-state index >= 15 is 0 Å². The first-order valence-electron chi connectivity index (χ1n) is 13.9. The highest BCUT2D eigenvalue weighted by Crippen LogP contribution is 2.49. The van der Waals surface area contributed by atoms with Crippen molar-refractivity contribution in [1.29, 1.82) is 5.26 Å². The minimum atomic E-state index is -1.13. The van der Waals surface area contributed by atoms with E-state index in [1.807, 2.05) is 90.1 Å². The molecule has 0 N–H and O–H groups in total. The quantitative estimate of drug-likeness (QED) is 0.333. The molecule has 0 fully saturated rings. The van der Waals surface area contributed by atoms with Crippen molar-refractivity contribution in [3.05, 3.63) is 82.2 Å². The second kappa shape index (κ2) is 10.5. The Balaban J connectivity index is 1.66. The third-order valence-electron chi connectivity index (χ3n) is 7.23. The molecule has 7 nitrogen and oxygen atoms in total. The molecule has 41 heavy (non-hydrogen) atoms. The number of benzene rings is 2. The lowest BCUT2D eigenvalue weighted by atomic mass is 9.80. The van der Waals surface area contributed by atoms with Crippen molar-refractivity contribution < 1.29 is 14.3 Å². The van der Waals surface area contributed by atoms with Crippen LogP contribution in [0, 0.1) is 11.3 Å². The molecule has 3 aromatic rings. The van der Waals surface area contributed by atoms with Crippen molar-refractivity contribution in [2.75, 3.05) is 0 Å². The summed E-state index contributed by atoms with van der Waals surface area (Å²) in [6.07, 6.45) is 1.66. The van der Waals surface area contributed by atoms with E-state index in [2.05, 4.69) is 12.1 Å². The number of fused-ring (bicyclic) bond motifs is 2. The van der Waals surface area contributed by atoms with Crippen molar-refractivity contribution in [2.45, 2.75) is 84.0 Å². The fraction of sp³-hybridized carbons (Fsp3) is 0.394. The molecule has 1 unspecified atom stereocenters. The maximum absolute atomic E-state index is 14.6. The Bertz CT molecular complexity index is 1560. The van der Waals surface area contributed by atoms with E-state index in [4.69, 9.17) is 9.73 Å². The summed E-state index contributed by atoms with van der Waals surface area (Å²) in [5.41, 5.74) is 0.805. The van der Waals surface area contributed by atoms with E-state index in [9.17, 15) is 14.9 Å². The van der Waals surface area contributed by atoms with E-state index in [-0.39, 0.29) is 12.5 Å². The lowest BCUT2D eigenvalue weighted by Gasteiger charge is -2.38. The van der Waals surface area contributed by atoms with E-state index in [1.165, 1.54) is 4.90 Å². The first kappa shape index (κ1) is 28.6. The summed E-state index contributed by atoms with van der Waals surface area (Å²) in [6, 6.07) is 21.6. The summed E-state index contributed by atoms with van der Waals surface area (Å²) < 4.78 is 5.85. The molecule has 5 rings (SSSR count). The summed E-state index contributed by atoms with van der Waals surface area (Å²) in [5, 5.41) is 9.43. The molecule has 0 bridgehead atoms. The molecule has 1 atom stereocenters. The second-order valence-corrected chi connectivity index (χ2v) is 13.8. The van der Waals surface area contributed by atoms with Crippen LogP contribution in [-0.4, -0.2) is 38.9 Å². The van der Waals surface area contributed by atoms with Gasteiger partial charge in [-0.3, -0.25) is 9.69 Å². The van der Waals surface area contributed by atoms with Gasteiger partial charge in [-0.05, 0) is 90.1 Å². The van der Waals surface area contributed by atoms with Crippen LogP contribution in [0.2, 0.25) is 0 Å². The smallest absolute Gasteiger partial charge is 0.417 e. The molecule has 2 aromatic carbocycles. The van der Waals surface area contributed by atoms with Gasteiger partial charge in [0.2, 0.25) is 5.96 Å². The Morgan fingerprint density at radius 3 is 2.49 bits per heavy atom. The van der Waals surface area contributed by atoms with Crippen LogP contribution in [0.15, 0.2) is 65.7 Å². The van der Waals surface area contributed by atoms with Gasteiger partial charge in [-0.2, -0.15) is 5.26 Å². The average Bonchev–Trinajstić information content (AvgIpc) is 3.45. The number of thiophene rings is 1. The molecule has 0 saturated carbocycles. The van der Waals surface area contributed by atoms with Crippen LogP contribution in [0.3, 0.4) is 0 Å². The molecular weight excluding hydrogens is 532 g/mol. The van der Waals surface area contributed by atoms with Gasteiger partial charge in [0.25, 0.3) is 5.91 Å². The van der Waals surface area contributed by atoms with Gasteiger partial charge < -0.3 is 4.74 Å². The summed E-state index contributed by atoms with van der Waals surface area (Å²) in [5.74, 6) is 0.179. The Labute approximate surface area is 246 Å². The average molecular weight is 569 g/mol. The SMILES string of the molecule is CC(C)(C)OC(=O)N(C1=NC2(CCCc3sc(-c4cccc(C#N)c4)cc32)C(=O)N1Cc1ccccc1)C(C)(C)C. The zero-order chi connectivity index (χ0) is 29.6. The highest BCUT2D eigenvalue weighted by atomic mass is 32.1. The molecule has 0 radical (unpaired) electrons. The minimum absolute atomic E-state index is 0.134. The molecule has 1 aliphatic carbocycles. The highest BCUT2D eigenvalue weighted by molar-refractivity contribution is 7.15. The number of rotatable bonds is 3. The maximum Gasteiger partial charge on any atom is 0.417 e. The first-order chi connectivity index (χ1) is 19.3. The van der Waals surface area contributed by atoms with Gasteiger partial charge in [0, 0.05) is 20.9 Å². The highest BCUT2D eigenvalue weighted by Gasteiger charge is 2.55. The van der Waals surface area contributed by atoms with E-state index < -0.39 is 22.8 Å². The number of nitriles is 1. The molecule has 8 heteroatoms. The van der Waals surface area contributed by atoms with E-state index in [0.717, 1.165) is 39.3 Å². The van der Waals surface area contributed by atoms with Crippen molar-refractivity contribution in [3.63, 3.8) is 0 Å². The third-order valence-corrected chi connectivity index (χ3v) is 8.48. The van der Waals surface area contributed by atoms with Crippen LogP contribution in [0.4, 0.5) is 4.79 Å². The molecule has 1 aliphatic heterocycles. The Kier molecular flexibility index (Phi) is 7.29. The number of aliphatic imine (C=N–C) groups is 1. The molecule has 212 valence electrons. The number of amides is 2. The summed E-state index contributed by atoms with van der Waals surface area (Å²) in [4.78, 5) is 38.9. The van der Waals surface area contributed by atoms with Gasteiger partial charge in [0.15, 0.2) is 5.54 Å². The lowest BCUT2D eigenvalue weighted by molar-refractivity contribution is -0.132. The van der Waals surface area contributed by atoms with Gasteiger partial charge in [0.1, 0.15) is 5.60 Å². The number of carbonyl (C=O) groups excluding carboxylic acids is 2. The molecule has 2 aliphatic rings. The number of ether oxygens (including phenoxy) is 1. The van der Waals surface area contributed by atoms with E-state index in [0.29, 0.717) is 17.9 Å². The van der Waals surface area contributed by atoms with Crippen LogP contribution in [-0.2, 0) is 28.0 Å². The van der Waals surface area contributed by atoms with Crippen LogP contribution < -0.4 is 0 Å². The molecule has 0 saturated heterocycles. The van der Waals surface area contributed by atoms with Crippen LogP contribution >= 0.6 is 11.3 Å². The molecule has 1 aromatic heterocycles. The molecule has 2 amide bonds. The number of hydrogen-bond acceptors (Lipinski definition) is 6. The predicted octanol–water partition coefficient (Wildman–Crippen LogP) is 7.25. The summed E-state index contributed by atoms with van der Waals surface area (Å²) in [6.45, 7) is 11.5.